The van der Waals surface area contributed by atoms with Crippen molar-refractivity contribution in [3.05, 3.63) is 24.4 Å². The summed E-state index contributed by atoms with van der Waals surface area (Å²) in [5.74, 6) is 0.534. The molecule has 7 nitrogen and oxygen atoms in total. The number of hydrogen-bond acceptors (Lipinski definition) is 7. The lowest BCUT2D eigenvalue weighted by atomic mass is 9.97. The number of aliphatic hydroxyl groups is 3. The van der Waals surface area contributed by atoms with Crippen molar-refractivity contribution in [2.45, 2.75) is 30.6 Å². The molecule has 0 amide bonds. The van der Waals surface area contributed by atoms with E-state index in [4.69, 9.17) is 14.6 Å². The summed E-state index contributed by atoms with van der Waals surface area (Å²) >= 11 is 0. The second-order valence-electron chi connectivity index (χ2n) is 4.33. The zero-order chi connectivity index (χ0) is 13.8. The third kappa shape index (κ3) is 3.02. The maximum atomic E-state index is 10.1. The molecule has 0 unspecified atom stereocenters. The zero-order valence-corrected chi connectivity index (χ0v) is 10.5. The third-order valence-electron chi connectivity index (χ3n) is 3.09. The molecular formula is C12H18N2O5. The van der Waals surface area contributed by atoms with Crippen LogP contribution >= 0.6 is 0 Å². The van der Waals surface area contributed by atoms with Crippen molar-refractivity contribution in [1.29, 1.82) is 0 Å². The van der Waals surface area contributed by atoms with Gasteiger partial charge in [-0.15, -0.1) is 0 Å². The largest absolute Gasteiger partial charge is 0.394 e. The molecule has 0 radical (unpaired) electrons. The number of aliphatic hydroxyl groups excluding tert-OH is 3. The monoisotopic (exact) mass is 270 g/mol. The predicted molar refractivity (Wildman–Crippen MR) is 66.4 cm³/mol. The second kappa shape index (κ2) is 6.27. The first-order valence-electron chi connectivity index (χ1n) is 6.00. The first kappa shape index (κ1) is 14.2. The zero-order valence-electron chi connectivity index (χ0n) is 10.5. The van der Waals surface area contributed by atoms with E-state index in [0.29, 0.717) is 5.82 Å². The number of pyridine rings is 1. The van der Waals surface area contributed by atoms with E-state index < -0.39 is 37.3 Å². The summed E-state index contributed by atoms with van der Waals surface area (Å²) in [6.45, 7) is -0.394. The number of rotatable bonds is 4. The molecule has 1 aromatic heterocycles. The van der Waals surface area contributed by atoms with Crippen LogP contribution in [0.4, 0.5) is 5.82 Å². The Morgan fingerprint density at radius 1 is 1.37 bits per heavy atom. The lowest BCUT2D eigenvalue weighted by Crippen LogP contribution is -2.61. The smallest absolute Gasteiger partial charge is 0.180 e. The van der Waals surface area contributed by atoms with Crippen LogP contribution in [0.1, 0.15) is 0 Å². The van der Waals surface area contributed by atoms with Crippen molar-refractivity contribution in [1.82, 2.24) is 4.98 Å². The van der Waals surface area contributed by atoms with Crippen LogP contribution in [0.5, 0.6) is 0 Å². The predicted octanol–water partition coefficient (Wildman–Crippen LogP) is -1.05. The molecule has 0 aromatic carbocycles. The molecule has 4 N–H and O–H groups in total. The Balaban J connectivity index is 2.13. The van der Waals surface area contributed by atoms with Crippen LogP contribution in [0, 0.1) is 0 Å². The number of anilines is 1. The van der Waals surface area contributed by atoms with Crippen molar-refractivity contribution in [2.75, 3.05) is 19.0 Å². The molecule has 0 aliphatic carbocycles. The molecular weight excluding hydrogens is 252 g/mol. The molecule has 5 atom stereocenters. The van der Waals surface area contributed by atoms with Gasteiger partial charge in [-0.25, -0.2) is 4.98 Å². The van der Waals surface area contributed by atoms with E-state index in [-0.39, 0.29) is 0 Å². The van der Waals surface area contributed by atoms with Crippen LogP contribution in [0.25, 0.3) is 0 Å². The standard InChI is InChI=1S/C12H18N2O5/c1-18-12-9(14-8-4-2-3-5-13-8)11(17)10(16)7(6-15)19-12/h2-5,7,9-12,15-17H,6H2,1H3,(H,13,14)/t7-,9-,10+,11-,12-/m1/s1. The van der Waals surface area contributed by atoms with Gasteiger partial charge in [-0.3, -0.25) is 0 Å². The van der Waals surface area contributed by atoms with E-state index in [1.807, 2.05) is 0 Å². The molecule has 1 fully saturated rings. The van der Waals surface area contributed by atoms with Crippen LogP contribution in [-0.4, -0.2) is 64.7 Å². The minimum Gasteiger partial charge on any atom is -0.394 e. The van der Waals surface area contributed by atoms with E-state index in [1.54, 1.807) is 24.4 Å². The van der Waals surface area contributed by atoms with Crippen molar-refractivity contribution in [2.24, 2.45) is 0 Å². The molecule has 0 saturated carbocycles. The average Bonchev–Trinajstić information content (AvgIpc) is 2.45. The highest BCUT2D eigenvalue weighted by Crippen LogP contribution is 2.23. The van der Waals surface area contributed by atoms with Gasteiger partial charge in [-0.05, 0) is 12.1 Å². The maximum absolute atomic E-state index is 10.1. The van der Waals surface area contributed by atoms with E-state index >= 15 is 0 Å². The number of aromatic nitrogens is 1. The Morgan fingerprint density at radius 3 is 2.74 bits per heavy atom. The maximum Gasteiger partial charge on any atom is 0.180 e. The molecule has 0 bridgehead atoms. The van der Waals surface area contributed by atoms with Crippen LogP contribution in [-0.2, 0) is 9.47 Å². The normalized spacial score (nSPS) is 35.1. The quantitative estimate of drug-likeness (QED) is 0.553. The molecule has 2 heterocycles. The molecule has 1 aliphatic heterocycles. The van der Waals surface area contributed by atoms with Crippen LogP contribution in [0.3, 0.4) is 0 Å². The molecule has 106 valence electrons. The Bertz CT molecular complexity index is 389. The highest BCUT2D eigenvalue weighted by atomic mass is 16.7. The minimum absolute atomic E-state index is 0.394. The van der Waals surface area contributed by atoms with Gasteiger partial charge in [0, 0.05) is 13.3 Å². The summed E-state index contributed by atoms with van der Waals surface area (Å²) in [5.41, 5.74) is 0. The number of hydrogen-bond donors (Lipinski definition) is 4. The molecule has 2 rings (SSSR count). The van der Waals surface area contributed by atoms with Gasteiger partial charge in [0.05, 0.1) is 6.61 Å². The Morgan fingerprint density at radius 2 is 2.16 bits per heavy atom. The lowest BCUT2D eigenvalue weighted by Gasteiger charge is -2.41. The summed E-state index contributed by atoms with van der Waals surface area (Å²) in [6, 6.07) is 4.60. The molecule has 1 saturated heterocycles. The van der Waals surface area contributed by atoms with Gasteiger partial charge in [0.1, 0.15) is 30.2 Å². The highest BCUT2D eigenvalue weighted by molar-refractivity contribution is 5.35. The van der Waals surface area contributed by atoms with E-state index in [0.717, 1.165) is 0 Å². The Hall–Kier alpha value is -1.25. The fourth-order valence-electron chi connectivity index (χ4n) is 2.06. The SMILES string of the molecule is CO[C@@H]1O[C@H](CO)[C@H](O)[C@H](O)[C@H]1Nc1ccccn1. The second-order valence-corrected chi connectivity index (χ2v) is 4.33. The molecule has 0 spiro atoms. The van der Waals surface area contributed by atoms with Gasteiger partial charge in [0.15, 0.2) is 6.29 Å². The third-order valence-corrected chi connectivity index (χ3v) is 3.09. The van der Waals surface area contributed by atoms with Crippen molar-refractivity contribution < 1.29 is 24.8 Å². The number of nitrogens with zero attached hydrogens (tertiary/aromatic N) is 1. The highest BCUT2D eigenvalue weighted by Gasteiger charge is 2.44. The first-order chi connectivity index (χ1) is 9.17. The molecule has 1 aromatic rings. The summed E-state index contributed by atoms with van der Waals surface area (Å²) < 4.78 is 10.5. The summed E-state index contributed by atoms with van der Waals surface area (Å²) in [5, 5.41) is 32.0. The first-order valence-corrected chi connectivity index (χ1v) is 6.00. The summed E-state index contributed by atoms with van der Waals surface area (Å²) in [4.78, 5) is 4.08. The Kier molecular flexibility index (Phi) is 4.67. The van der Waals surface area contributed by atoms with Crippen LogP contribution in [0.2, 0.25) is 0 Å². The van der Waals surface area contributed by atoms with E-state index in [9.17, 15) is 10.2 Å². The van der Waals surface area contributed by atoms with Crippen LogP contribution < -0.4 is 5.32 Å². The summed E-state index contributed by atoms with van der Waals surface area (Å²) in [6.07, 6.45) is -2.40. The fourth-order valence-corrected chi connectivity index (χ4v) is 2.06. The van der Waals surface area contributed by atoms with Crippen molar-refractivity contribution in [3.8, 4) is 0 Å². The minimum atomic E-state index is -1.20. The van der Waals surface area contributed by atoms with Gasteiger partial charge in [-0.2, -0.15) is 0 Å². The van der Waals surface area contributed by atoms with Crippen molar-refractivity contribution >= 4 is 5.82 Å². The van der Waals surface area contributed by atoms with Gasteiger partial charge in [0.2, 0.25) is 0 Å². The number of ether oxygens (including phenoxy) is 2. The molecule has 19 heavy (non-hydrogen) atoms. The average molecular weight is 270 g/mol. The Labute approximate surface area is 110 Å². The van der Waals surface area contributed by atoms with E-state index in [1.165, 1.54) is 7.11 Å². The number of nitrogens with one attached hydrogen (secondary N) is 1. The summed E-state index contributed by atoms with van der Waals surface area (Å²) in [7, 11) is 1.43. The fraction of sp³-hybridized carbons (Fsp3) is 0.583. The topological polar surface area (TPSA) is 104 Å². The van der Waals surface area contributed by atoms with Gasteiger partial charge in [0.25, 0.3) is 0 Å². The van der Waals surface area contributed by atoms with Gasteiger partial charge < -0.3 is 30.1 Å². The lowest BCUT2D eigenvalue weighted by molar-refractivity contribution is -0.254. The molecule has 7 heteroatoms. The van der Waals surface area contributed by atoms with E-state index in [2.05, 4.69) is 10.3 Å². The molecule has 1 aliphatic rings. The van der Waals surface area contributed by atoms with Gasteiger partial charge in [-0.1, -0.05) is 6.07 Å². The number of methoxy groups -OCH3 is 1. The van der Waals surface area contributed by atoms with Crippen LogP contribution in [0.15, 0.2) is 24.4 Å². The van der Waals surface area contributed by atoms with Gasteiger partial charge >= 0.3 is 0 Å². The van der Waals surface area contributed by atoms with Crippen molar-refractivity contribution in [3.63, 3.8) is 0 Å².